The van der Waals surface area contributed by atoms with Crippen LogP contribution in [-0.4, -0.2) is 0 Å². The first kappa shape index (κ1) is 32.4. The fourth-order valence-electron chi connectivity index (χ4n) is 10.0. The van der Waals surface area contributed by atoms with Crippen molar-refractivity contribution < 1.29 is 4.42 Å². The maximum Gasteiger partial charge on any atom is 0.136 e. The van der Waals surface area contributed by atoms with E-state index < -0.39 is 0 Å². The molecule has 0 aliphatic rings. The van der Waals surface area contributed by atoms with Gasteiger partial charge in [-0.15, -0.1) is 0 Å². The third-order valence-electron chi connectivity index (χ3n) is 12.8. The van der Waals surface area contributed by atoms with Gasteiger partial charge in [0.05, 0.1) is 0 Å². The van der Waals surface area contributed by atoms with E-state index in [1.165, 1.54) is 97.7 Å². The quantitative estimate of drug-likeness (QED) is 0.164. The third-order valence-corrected chi connectivity index (χ3v) is 12.8. The lowest BCUT2D eigenvalue weighted by Crippen LogP contribution is -1.89. The Bertz CT molecular complexity index is 3900. The lowest BCUT2D eigenvalue weighted by molar-refractivity contribution is 0.669. The molecule has 0 atom stereocenters. The summed E-state index contributed by atoms with van der Waals surface area (Å²) in [6, 6.07) is 75.8. The molecular weight excluding hydrogens is 713 g/mol. The Hall–Kier alpha value is -7.74. The average Bonchev–Trinajstić information content (AvgIpc) is 3.68. The minimum absolute atomic E-state index is 0.900. The summed E-state index contributed by atoms with van der Waals surface area (Å²) >= 11 is 0. The van der Waals surface area contributed by atoms with E-state index in [4.69, 9.17) is 4.42 Å². The topological polar surface area (TPSA) is 13.1 Å². The van der Waals surface area contributed by atoms with Crippen molar-refractivity contribution in [3.63, 3.8) is 0 Å². The van der Waals surface area contributed by atoms with E-state index >= 15 is 0 Å². The van der Waals surface area contributed by atoms with Crippen molar-refractivity contribution in [2.75, 3.05) is 0 Å². The predicted molar refractivity (Wildman–Crippen MR) is 253 cm³/mol. The van der Waals surface area contributed by atoms with Crippen LogP contribution in [0.5, 0.6) is 0 Å². The fraction of sp³-hybridized carbons (Fsp3) is 0. The highest BCUT2D eigenvalue weighted by atomic mass is 16.3. The second-order valence-electron chi connectivity index (χ2n) is 16.0. The van der Waals surface area contributed by atoms with Crippen LogP contribution < -0.4 is 0 Å². The smallest absolute Gasteiger partial charge is 0.136 e. The molecule has 0 saturated carbocycles. The Morgan fingerprint density at radius 3 is 1.32 bits per heavy atom. The van der Waals surface area contributed by atoms with E-state index in [1.54, 1.807) is 0 Å². The molecule has 1 heteroatoms. The van der Waals surface area contributed by atoms with Crippen molar-refractivity contribution in [1.82, 2.24) is 0 Å². The first-order chi connectivity index (χ1) is 29.2. The Balaban J connectivity index is 0.901. The molecule has 1 nitrogen and oxygen atoms in total. The summed E-state index contributed by atoms with van der Waals surface area (Å²) in [6.45, 7) is 0. The van der Waals surface area contributed by atoms with E-state index in [2.05, 4.69) is 206 Å². The Kier molecular flexibility index (Phi) is 6.79. The van der Waals surface area contributed by atoms with Gasteiger partial charge in [-0.1, -0.05) is 158 Å². The zero-order valence-corrected chi connectivity index (χ0v) is 32.0. The van der Waals surface area contributed by atoms with Crippen molar-refractivity contribution in [2.24, 2.45) is 0 Å². The maximum absolute atomic E-state index is 6.64. The van der Waals surface area contributed by atoms with Gasteiger partial charge in [0.1, 0.15) is 11.2 Å². The highest BCUT2D eigenvalue weighted by Crippen LogP contribution is 2.44. The van der Waals surface area contributed by atoms with Gasteiger partial charge in [-0.2, -0.15) is 0 Å². The molecule has 0 unspecified atom stereocenters. The molecule has 12 aromatic carbocycles. The Morgan fingerprint density at radius 2 is 0.627 bits per heavy atom. The zero-order valence-electron chi connectivity index (χ0n) is 32.0. The molecule has 1 heterocycles. The summed E-state index contributed by atoms with van der Waals surface area (Å²) in [5.41, 5.74) is 8.97. The molecule has 59 heavy (non-hydrogen) atoms. The highest BCUT2D eigenvalue weighted by Gasteiger charge is 2.17. The van der Waals surface area contributed by atoms with E-state index in [0.717, 1.165) is 33.1 Å². The molecular formula is C58H34O. The molecule has 0 amide bonds. The minimum atomic E-state index is 0.900. The van der Waals surface area contributed by atoms with Gasteiger partial charge in [-0.25, -0.2) is 0 Å². The second-order valence-corrected chi connectivity index (χ2v) is 16.0. The van der Waals surface area contributed by atoms with Crippen LogP contribution >= 0.6 is 0 Å². The van der Waals surface area contributed by atoms with E-state index in [0.29, 0.717) is 0 Å². The highest BCUT2D eigenvalue weighted by molar-refractivity contribution is 6.33. The first-order valence-corrected chi connectivity index (χ1v) is 20.4. The number of fused-ring (bicyclic) bond motifs is 15. The van der Waals surface area contributed by atoms with Crippen LogP contribution in [0, 0.1) is 0 Å². The number of hydrogen-bond donors (Lipinski definition) is 0. The number of rotatable bonds is 3. The summed E-state index contributed by atoms with van der Waals surface area (Å²) in [5, 5.41) is 20.1. The molecule has 0 fully saturated rings. The van der Waals surface area contributed by atoms with Crippen molar-refractivity contribution in [1.29, 1.82) is 0 Å². The van der Waals surface area contributed by atoms with Crippen molar-refractivity contribution >= 4 is 97.3 Å². The van der Waals surface area contributed by atoms with Crippen LogP contribution in [-0.2, 0) is 0 Å². The largest absolute Gasteiger partial charge is 0.456 e. The fourth-order valence-corrected chi connectivity index (χ4v) is 10.0. The first-order valence-electron chi connectivity index (χ1n) is 20.4. The molecule has 0 saturated heterocycles. The van der Waals surface area contributed by atoms with Crippen molar-refractivity contribution in [3.05, 3.63) is 206 Å². The number of hydrogen-bond acceptors (Lipinski definition) is 1. The van der Waals surface area contributed by atoms with Crippen LogP contribution in [0.15, 0.2) is 211 Å². The molecule has 0 aliphatic carbocycles. The van der Waals surface area contributed by atoms with Gasteiger partial charge in [-0.3, -0.25) is 0 Å². The lowest BCUT2D eigenvalue weighted by Gasteiger charge is -2.16. The second kappa shape index (κ2) is 12.4. The van der Waals surface area contributed by atoms with Crippen LogP contribution in [0.3, 0.4) is 0 Å². The van der Waals surface area contributed by atoms with E-state index in [9.17, 15) is 0 Å². The summed E-state index contributed by atoms with van der Waals surface area (Å²) in [5.74, 6) is 0. The van der Waals surface area contributed by atoms with E-state index in [-0.39, 0.29) is 0 Å². The van der Waals surface area contributed by atoms with Gasteiger partial charge >= 0.3 is 0 Å². The SMILES string of the molecule is c1ccc2c(c1)cc(-c1ccc3c(c1)oc1cc(-c4ccc5cc(-c6cc7c8ccccc8c8ccccc8c7c7ccccc67)ccc5c4)ccc13)c1ccccc12. The van der Waals surface area contributed by atoms with Gasteiger partial charge in [0.15, 0.2) is 0 Å². The number of furan rings is 1. The van der Waals surface area contributed by atoms with Crippen molar-refractivity contribution in [2.45, 2.75) is 0 Å². The molecule has 0 spiro atoms. The predicted octanol–water partition coefficient (Wildman–Crippen LogP) is 16.7. The molecule has 0 bridgehead atoms. The molecule has 0 aliphatic heterocycles. The van der Waals surface area contributed by atoms with Crippen LogP contribution in [0.2, 0.25) is 0 Å². The van der Waals surface area contributed by atoms with Crippen LogP contribution in [0.1, 0.15) is 0 Å². The normalized spacial score (nSPS) is 12.1. The molecule has 13 rings (SSSR count). The minimum Gasteiger partial charge on any atom is -0.456 e. The van der Waals surface area contributed by atoms with Gasteiger partial charge in [0, 0.05) is 10.8 Å². The van der Waals surface area contributed by atoms with Gasteiger partial charge in [-0.05, 0) is 157 Å². The molecule has 0 N–H and O–H groups in total. The Labute approximate surface area is 340 Å². The van der Waals surface area contributed by atoms with Gasteiger partial charge in [0.2, 0.25) is 0 Å². The molecule has 13 aromatic rings. The standard InChI is InChI=1S/C58H34O/c1-2-12-42-39(11-1)31-53(46-16-5-3-13-43(42)46)41-26-28-50-49-27-25-38(32-56(49)59-57(50)33-41)36-21-22-37-30-40(24-23-35(37)29-36)54-34-55-47-17-6-4-14-44(47)45-15-7-9-19-51(45)58(55)52-20-10-8-18-48(52)54/h1-34H. The number of benzene rings is 12. The summed E-state index contributed by atoms with van der Waals surface area (Å²) < 4.78 is 6.64. The summed E-state index contributed by atoms with van der Waals surface area (Å²) in [4.78, 5) is 0. The lowest BCUT2D eigenvalue weighted by atomic mass is 9.87. The maximum atomic E-state index is 6.64. The van der Waals surface area contributed by atoms with Crippen molar-refractivity contribution in [3.8, 4) is 33.4 Å². The molecule has 1 aromatic heterocycles. The third kappa shape index (κ3) is 4.86. The summed E-state index contributed by atoms with van der Waals surface area (Å²) in [7, 11) is 0. The van der Waals surface area contributed by atoms with Gasteiger partial charge in [0.25, 0.3) is 0 Å². The molecule has 272 valence electrons. The monoisotopic (exact) mass is 746 g/mol. The Morgan fingerprint density at radius 1 is 0.220 bits per heavy atom. The van der Waals surface area contributed by atoms with Gasteiger partial charge < -0.3 is 4.42 Å². The zero-order chi connectivity index (χ0) is 38.6. The molecule has 0 radical (unpaired) electrons. The summed E-state index contributed by atoms with van der Waals surface area (Å²) in [6.07, 6.45) is 0. The van der Waals surface area contributed by atoms with Crippen LogP contribution in [0.4, 0.5) is 0 Å². The average molecular weight is 747 g/mol. The van der Waals surface area contributed by atoms with Crippen LogP contribution in [0.25, 0.3) is 131 Å². The van der Waals surface area contributed by atoms with E-state index in [1.807, 2.05) is 0 Å².